The van der Waals surface area contributed by atoms with Gasteiger partial charge in [-0.3, -0.25) is 9.59 Å². The second-order valence-electron chi connectivity index (χ2n) is 15.8. The number of allylic oxidation sites excluding steroid dienone is 4. The van der Waals surface area contributed by atoms with Crippen LogP contribution in [-0.4, -0.2) is 45.2 Å². The number of Topliss-reactive ketones (excluding diaryl/α,β-unsaturated/α-hetero) is 2. The van der Waals surface area contributed by atoms with Gasteiger partial charge in [-0.2, -0.15) is 0 Å². The molecule has 1 unspecified atom stereocenters. The van der Waals surface area contributed by atoms with Crippen molar-refractivity contribution in [3.8, 4) is 0 Å². The molecule has 0 aliphatic heterocycles. The largest absolute Gasteiger partial charge is 0.394 e. The molecule has 0 amide bonds. The van der Waals surface area contributed by atoms with Crippen LogP contribution in [0.2, 0.25) is 0 Å². The first-order valence-corrected chi connectivity index (χ1v) is 22.8. The summed E-state index contributed by atoms with van der Waals surface area (Å²) in [4.78, 5) is 25.9. The van der Waals surface area contributed by atoms with Crippen molar-refractivity contribution in [3.05, 3.63) is 24.3 Å². The van der Waals surface area contributed by atoms with Gasteiger partial charge in [0.2, 0.25) is 5.60 Å². The molecule has 0 aromatic carbocycles. The van der Waals surface area contributed by atoms with Crippen LogP contribution in [0.1, 0.15) is 245 Å². The van der Waals surface area contributed by atoms with E-state index in [2.05, 4.69) is 38.2 Å². The number of rotatable bonds is 42. The third kappa shape index (κ3) is 30.1. The second-order valence-corrected chi connectivity index (χ2v) is 15.8. The van der Waals surface area contributed by atoms with Gasteiger partial charge >= 0.3 is 0 Å². The van der Waals surface area contributed by atoms with E-state index >= 15 is 0 Å². The third-order valence-corrected chi connectivity index (χ3v) is 10.8. The average Bonchev–Trinajstić information content (AvgIpc) is 3.15. The molecular formula is C47H88O5. The van der Waals surface area contributed by atoms with Gasteiger partial charge < -0.3 is 15.3 Å². The lowest BCUT2D eigenvalue weighted by atomic mass is 9.82. The van der Waals surface area contributed by atoms with Crippen molar-refractivity contribution in [2.45, 2.75) is 257 Å². The fraction of sp³-hybridized carbons (Fsp3) is 0.872. The van der Waals surface area contributed by atoms with Crippen LogP contribution in [0.15, 0.2) is 24.3 Å². The third-order valence-electron chi connectivity index (χ3n) is 10.8. The van der Waals surface area contributed by atoms with E-state index in [4.69, 9.17) is 0 Å². The van der Waals surface area contributed by atoms with Crippen molar-refractivity contribution in [1.29, 1.82) is 0 Å². The summed E-state index contributed by atoms with van der Waals surface area (Å²) < 4.78 is 0. The zero-order chi connectivity index (χ0) is 38.2. The minimum Gasteiger partial charge on any atom is -0.394 e. The van der Waals surface area contributed by atoms with Crippen LogP contribution >= 0.6 is 0 Å². The maximum absolute atomic E-state index is 12.9. The number of aliphatic hydroxyl groups is 3. The molecular weight excluding hydrogens is 645 g/mol. The summed E-state index contributed by atoms with van der Waals surface area (Å²) in [6, 6.07) is 0. The Kier molecular flexibility index (Phi) is 38.4. The molecule has 0 aliphatic rings. The lowest BCUT2D eigenvalue weighted by Gasteiger charge is -2.29. The Bertz CT molecular complexity index is 774. The zero-order valence-corrected chi connectivity index (χ0v) is 34.7. The molecule has 0 saturated carbocycles. The van der Waals surface area contributed by atoms with E-state index in [9.17, 15) is 24.9 Å². The van der Waals surface area contributed by atoms with Gasteiger partial charge in [0.15, 0.2) is 11.6 Å². The molecule has 0 saturated heterocycles. The highest BCUT2D eigenvalue weighted by Crippen LogP contribution is 2.22. The number of carbonyl (C=O) groups is 2. The van der Waals surface area contributed by atoms with Crippen LogP contribution in [0.5, 0.6) is 0 Å². The first-order chi connectivity index (χ1) is 25.4. The van der Waals surface area contributed by atoms with Gasteiger partial charge in [-0.1, -0.05) is 192 Å². The Labute approximate surface area is 323 Å². The van der Waals surface area contributed by atoms with Crippen LogP contribution in [0.3, 0.4) is 0 Å². The van der Waals surface area contributed by atoms with Crippen molar-refractivity contribution < 1.29 is 24.9 Å². The van der Waals surface area contributed by atoms with E-state index in [0.29, 0.717) is 12.8 Å². The molecule has 0 aliphatic carbocycles. The normalized spacial score (nSPS) is 13.7. The Morgan fingerprint density at radius 2 is 0.654 bits per heavy atom. The first kappa shape index (κ1) is 50.7. The Morgan fingerprint density at radius 3 is 0.904 bits per heavy atom. The topological polar surface area (TPSA) is 94.8 Å². The molecule has 306 valence electrons. The molecule has 0 fully saturated rings. The molecule has 5 nitrogen and oxygen atoms in total. The predicted molar refractivity (Wildman–Crippen MR) is 224 cm³/mol. The van der Waals surface area contributed by atoms with Crippen LogP contribution in [0.4, 0.5) is 0 Å². The lowest BCUT2D eigenvalue weighted by molar-refractivity contribution is -0.166. The van der Waals surface area contributed by atoms with Gasteiger partial charge in [0.1, 0.15) is 6.10 Å². The Balaban J connectivity index is 3.86. The molecule has 0 spiro atoms. The van der Waals surface area contributed by atoms with Crippen molar-refractivity contribution in [1.82, 2.24) is 0 Å². The predicted octanol–water partition coefficient (Wildman–Crippen LogP) is 13.4. The molecule has 0 aromatic heterocycles. The van der Waals surface area contributed by atoms with Crippen molar-refractivity contribution in [2.75, 3.05) is 6.61 Å². The summed E-state index contributed by atoms with van der Waals surface area (Å²) in [6.07, 6.45) is 48.8. The van der Waals surface area contributed by atoms with E-state index < -0.39 is 29.9 Å². The number of hydrogen-bond acceptors (Lipinski definition) is 5. The van der Waals surface area contributed by atoms with Gasteiger partial charge in [-0.05, 0) is 64.2 Å². The van der Waals surface area contributed by atoms with E-state index in [-0.39, 0.29) is 12.8 Å². The van der Waals surface area contributed by atoms with Crippen LogP contribution < -0.4 is 0 Å². The molecule has 0 radical (unpaired) electrons. The monoisotopic (exact) mass is 733 g/mol. The van der Waals surface area contributed by atoms with Crippen LogP contribution in [0.25, 0.3) is 0 Å². The second kappa shape index (κ2) is 39.4. The van der Waals surface area contributed by atoms with E-state index in [0.717, 1.165) is 38.5 Å². The van der Waals surface area contributed by atoms with Gasteiger partial charge in [0.05, 0.1) is 6.61 Å². The summed E-state index contributed by atoms with van der Waals surface area (Å²) >= 11 is 0. The quantitative estimate of drug-likeness (QED) is 0.0330. The average molecular weight is 733 g/mol. The van der Waals surface area contributed by atoms with Gasteiger partial charge in [0.25, 0.3) is 0 Å². The summed E-state index contributed by atoms with van der Waals surface area (Å²) in [5.41, 5.74) is -2.48. The fourth-order valence-corrected chi connectivity index (χ4v) is 7.17. The minimum absolute atomic E-state index is 0.0567. The number of ketones is 2. The zero-order valence-electron chi connectivity index (χ0n) is 34.7. The number of hydrogen-bond donors (Lipinski definition) is 3. The van der Waals surface area contributed by atoms with E-state index in [1.807, 2.05) is 0 Å². The fourth-order valence-electron chi connectivity index (χ4n) is 7.17. The highest BCUT2D eigenvalue weighted by atomic mass is 16.4. The minimum atomic E-state index is -2.48. The maximum Gasteiger partial charge on any atom is 0.209 e. The standard InChI is InChI=1S/C47H88O5/c1-3-5-7-9-11-13-15-17-19-21-23-25-27-29-31-33-35-37-39-41-44(49)47(52,46(51)43-48)45(50)42-40-38-36-34-32-30-28-26-24-22-20-18-16-14-12-10-8-6-4-2/h17-20,46,48,51-52H,3-16,21-43H2,1-2H3. The van der Waals surface area contributed by atoms with E-state index in [1.54, 1.807) is 0 Å². The van der Waals surface area contributed by atoms with Crippen molar-refractivity contribution in [2.24, 2.45) is 0 Å². The summed E-state index contributed by atoms with van der Waals surface area (Å²) in [6.45, 7) is 3.72. The Hall–Kier alpha value is -1.30. The van der Waals surface area contributed by atoms with E-state index in [1.165, 1.54) is 167 Å². The molecule has 0 rings (SSSR count). The van der Waals surface area contributed by atoms with Gasteiger partial charge in [0, 0.05) is 12.8 Å². The maximum atomic E-state index is 12.9. The SMILES string of the molecule is CCCCCCCCC=CCCCCCCCCCCCC(=O)C(O)(C(=O)CCCCCCCCCCCC=CCCCCCCCC)C(O)CO. The molecule has 52 heavy (non-hydrogen) atoms. The Morgan fingerprint density at radius 1 is 0.423 bits per heavy atom. The highest BCUT2D eigenvalue weighted by molar-refractivity contribution is 6.10. The molecule has 3 N–H and O–H groups in total. The number of aliphatic hydroxyl groups excluding tert-OH is 2. The van der Waals surface area contributed by atoms with Crippen LogP contribution in [0, 0.1) is 0 Å². The lowest BCUT2D eigenvalue weighted by Crippen LogP contribution is -2.57. The smallest absolute Gasteiger partial charge is 0.209 e. The molecule has 0 heterocycles. The molecule has 1 atom stereocenters. The summed E-state index contributed by atoms with van der Waals surface area (Å²) in [5.74, 6) is -1.29. The summed E-state index contributed by atoms with van der Waals surface area (Å²) in [7, 11) is 0. The number of unbranched alkanes of at least 4 members (excludes halogenated alkanes) is 30. The number of carbonyl (C=O) groups excluding carboxylic acids is 2. The first-order valence-electron chi connectivity index (χ1n) is 22.8. The molecule has 5 heteroatoms. The molecule has 0 aromatic rings. The van der Waals surface area contributed by atoms with Crippen molar-refractivity contribution >= 4 is 11.6 Å². The van der Waals surface area contributed by atoms with Crippen molar-refractivity contribution in [3.63, 3.8) is 0 Å². The summed E-state index contributed by atoms with van der Waals surface area (Å²) in [5, 5.41) is 30.8. The highest BCUT2D eigenvalue weighted by Gasteiger charge is 2.48. The van der Waals surface area contributed by atoms with Gasteiger partial charge in [-0.25, -0.2) is 0 Å². The molecule has 0 bridgehead atoms. The van der Waals surface area contributed by atoms with Crippen LogP contribution in [-0.2, 0) is 9.59 Å². The van der Waals surface area contributed by atoms with Gasteiger partial charge in [-0.15, -0.1) is 0 Å².